The smallest absolute Gasteiger partial charge is 0.329 e. The highest BCUT2D eigenvalue weighted by molar-refractivity contribution is 5.96. The fourth-order valence-electron chi connectivity index (χ4n) is 6.70. The Bertz CT molecular complexity index is 736. The molecule has 5 rings (SSSR count). The highest BCUT2D eigenvalue weighted by Gasteiger charge is 2.57. The molecule has 1 saturated heterocycles. The fourth-order valence-corrected chi connectivity index (χ4v) is 6.70. The van der Waals surface area contributed by atoms with Crippen LogP contribution in [0.1, 0.15) is 72.1 Å². The zero-order valence-electron chi connectivity index (χ0n) is 18.9. The monoisotopic (exact) mass is 433 g/mol. The molecule has 4 aliphatic carbocycles. The highest BCUT2D eigenvalue weighted by Crippen LogP contribution is 2.60. The molecule has 5 fully saturated rings. The molecule has 31 heavy (non-hydrogen) atoms. The Kier molecular flexibility index (Phi) is 5.77. The number of hydrogen-bond donors (Lipinski definition) is 2. The minimum atomic E-state index is -0.688. The first-order valence-electron chi connectivity index (χ1n) is 11.6. The van der Waals surface area contributed by atoms with E-state index in [1.807, 2.05) is 0 Å². The molecule has 0 radical (unpaired) electrons. The van der Waals surface area contributed by atoms with Gasteiger partial charge < -0.3 is 15.0 Å². The van der Waals surface area contributed by atoms with E-state index in [4.69, 9.17) is 4.74 Å². The van der Waals surface area contributed by atoms with Gasteiger partial charge in [0.05, 0.1) is 5.41 Å². The Morgan fingerprint density at radius 2 is 1.58 bits per heavy atom. The summed E-state index contributed by atoms with van der Waals surface area (Å²) in [6, 6.07) is -1.26. The third kappa shape index (κ3) is 4.72. The third-order valence-corrected chi connectivity index (χ3v) is 7.36. The number of nitrogens with one attached hydrogen (secondary N) is 2. The zero-order valence-corrected chi connectivity index (χ0v) is 18.9. The molecule has 8 nitrogen and oxygen atoms in total. The van der Waals surface area contributed by atoms with Crippen molar-refractivity contribution in [1.29, 1.82) is 0 Å². The van der Waals surface area contributed by atoms with Gasteiger partial charge in [-0.3, -0.25) is 14.9 Å². The molecule has 5 aliphatic rings. The fraction of sp³-hybridized carbons (Fsp3) is 0.826. The molecule has 0 unspecified atom stereocenters. The number of imide groups is 1. The van der Waals surface area contributed by atoms with E-state index in [9.17, 15) is 19.2 Å². The number of nitrogens with zero attached hydrogens (tertiary/aromatic N) is 1. The van der Waals surface area contributed by atoms with Crippen molar-refractivity contribution in [2.75, 3.05) is 13.2 Å². The molecule has 0 spiro atoms. The third-order valence-electron chi connectivity index (χ3n) is 7.36. The first-order chi connectivity index (χ1) is 14.5. The molecule has 4 bridgehead atoms. The van der Waals surface area contributed by atoms with Crippen LogP contribution < -0.4 is 10.6 Å². The number of rotatable bonds is 4. The van der Waals surface area contributed by atoms with Crippen molar-refractivity contribution >= 4 is 23.8 Å². The maximum absolute atomic E-state index is 13.6. The van der Waals surface area contributed by atoms with Gasteiger partial charge in [-0.2, -0.15) is 0 Å². The second-order valence-corrected chi connectivity index (χ2v) is 11.2. The summed E-state index contributed by atoms with van der Waals surface area (Å²) in [7, 11) is 0. The van der Waals surface area contributed by atoms with E-state index < -0.39 is 36.1 Å². The molecule has 1 heterocycles. The van der Waals surface area contributed by atoms with Gasteiger partial charge in [-0.25, -0.2) is 9.59 Å². The predicted molar refractivity (Wildman–Crippen MR) is 113 cm³/mol. The minimum absolute atomic E-state index is 0.125. The van der Waals surface area contributed by atoms with Gasteiger partial charge in [-0.15, -0.1) is 0 Å². The maximum Gasteiger partial charge on any atom is 0.329 e. The minimum Gasteiger partial charge on any atom is -0.454 e. The Balaban J connectivity index is 1.32. The summed E-state index contributed by atoms with van der Waals surface area (Å²) >= 11 is 0. The van der Waals surface area contributed by atoms with E-state index in [1.54, 1.807) is 25.7 Å². The summed E-state index contributed by atoms with van der Waals surface area (Å²) < 4.78 is 5.19. The van der Waals surface area contributed by atoms with Crippen LogP contribution in [0.5, 0.6) is 0 Å². The lowest BCUT2D eigenvalue weighted by Crippen LogP contribution is -2.56. The lowest BCUT2D eigenvalue weighted by Gasteiger charge is -2.56. The molecule has 1 atom stereocenters. The normalized spacial score (nSPS) is 33.8. The number of likely N-dealkylation sites (tertiary alicyclic amines) is 1. The van der Waals surface area contributed by atoms with Crippen molar-refractivity contribution in [2.24, 2.45) is 23.2 Å². The van der Waals surface area contributed by atoms with E-state index in [1.165, 1.54) is 19.3 Å². The lowest BCUT2D eigenvalue weighted by atomic mass is 9.49. The molecule has 8 heteroatoms. The molecule has 4 saturated carbocycles. The van der Waals surface area contributed by atoms with E-state index in [0.717, 1.165) is 25.7 Å². The van der Waals surface area contributed by atoms with Gasteiger partial charge in [0, 0.05) is 12.1 Å². The topological polar surface area (TPSA) is 105 Å². The van der Waals surface area contributed by atoms with Gasteiger partial charge in [0.1, 0.15) is 6.04 Å². The second-order valence-electron chi connectivity index (χ2n) is 11.2. The zero-order chi connectivity index (χ0) is 22.4. The van der Waals surface area contributed by atoms with Gasteiger partial charge in [0.25, 0.3) is 5.91 Å². The van der Waals surface area contributed by atoms with Gasteiger partial charge in [0.15, 0.2) is 6.61 Å². The first kappa shape index (κ1) is 22.1. The van der Waals surface area contributed by atoms with Crippen LogP contribution in [-0.2, 0) is 19.1 Å². The van der Waals surface area contributed by atoms with Gasteiger partial charge in [0.2, 0.25) is 5.91 Å². The highest BCUT2D eigenvalue weighted by atomic mass is 16.5. The van der Waals surface area contributed by atoms with Crippen LogP contribution in [-0.4, -0.2) is 53.4 Å². The van der Waals surface area contributed by atoms with Gasteiger partial charge in [-0.05, 0) is 89.9 Å². The SMILES string of the molecule is CC(C)(C)NC(=O)NC(=O)COC(=O)[C@H]1CCCN1C(=O)C12CC3CC(CC(C3)C1)C2. The molecular weight excluding hydrogens is 398 g/mol. The van der Waals surface area contributed by atoms with Crippen LogP contribution in [0.3, 0.4) is 0 Å². The van der Waals surface area contributed by atoms with Crippen molar-refractivity contribution in [2.45, 2.75) is 83.7 Å². The molecule has 4 amide bonds. The lowest BCUT2D eigenvalue weighted by molar-refractivity contribution is -0.166. The molecule has 0 aromatic heterocycles. The Hall–Kier alpha value is -2.12. The van der Waals surface area contributed by atoms with E-state index >= 15 is 0 Å². The average Bonchev–Trinajstić information content (AvgIpc) is 3.12. The Morgan fingerprint density at radius 3 is 2.13 bits per heavy atom. The largest absolute Gasteiger partial charge is 0.454 e. The van der Waals surface area contributed by atoms with Crippen molar-refractivity contribution < 1.29 is 23.9 Å². The Labute approximate surface area is 183 Å². The van der Waals surface area contributed by atoms with Crippen LogP contribution in [0.15, 0.2) is 0 Å². The van der Waals surface area contributed by atoms with Gasteiger partial charge >= 0.3 is 12.0 Å². The number of urea groups is 1. The van der Waals surface area contributed by atoms with E-state index in [2.05, 4.69) is 10.6 Å². The van der Waals surface area contributed by atoms with Crippen molar-refractivity contribution in [3.05, 3.63) is 0 Å². The van der Waals surface area contributed by atoms with Crippen LogP contribution in [0.4, 0.5) is 4.79 Å². The summed E-state index contributed by atoms with van der Waals surface area (Å²) in [6.07, 6.45) is 7.98. The number of esters is 1. The van der Waals surface area contributed by atoms with Crippen LogP contribution >= 0.6 is 0 Å². The van der Waals surface area contributed by atoms with Gasteiger partial charge in [-0.1, -0.05) is 0 Å². The van der Waals surface area contributed by atoms with E-state index in [0.29, 0.717) is 30.7 Å². The number of carbonyl (C=O) groups is 4. The molecular formula is C23H35N3O5. The molecule has 2 N–H and O–H groups in total. The van der Waals surface area contributed by atoms with Crippen LogP contribution in [0, 0.1) is 23.2 Å². The summed E-state index contributed by atoms with van der Waals surface area (Å²) in [6.45, 7) is 5.43. The van der Waals surface area contributed by atoms with Crippen molar-refractivity contribution in [1.82, 2.24) is 15.5 Å². The molecule has 1 aliphatic heterocycles. The summed E-state index contributed by atoms with van der Waals surface area (Å²) in [5, 5.41) is 4.77. The second kappa shape index (κ2) is 8.10. The number of ether oxygens (including phenoxy) is 1. The first-order valence-corrected chi connectivity index (χ1v) is 11.6. The molecule has 0 aromatic rings. The molecule has 0 aromatic carbocycles. The number of carbonyl (C=O) groups excluding carboxylic acids is 4. The van der Waals surface area contributed by atoms with E-state index in [-0.39, 0.29) is 11.3 Å². The standard InChI is InChI=1S/C23H35N3O5/c1-22(2,3)25-21(30)24-18(27)13-31-19(28)17-5-4-6-26(17)20(29)23-10-14-7-15(11-23)9-16(8-14)12-23/h14-17H,4-13H2,1-3H3,(H2,24,25,27,30)/t14?,15?,16?,17-,23?/m1/s1. The van der Waals surface area contributed by atoms with Crippen LogP contribution in [0.2, 0.25) is 0 Å². The summed E-state index contributed by atoms with van der Waals surface area (Å²) in [5.41, 5.74) is -0.775. The average molecular weight is 434 g/mol. The van der Waals surface area contributed by atoms with Crippen LogP contribution in [0.25, 0.3) is 0 Å². The Morgan fingerprint density at radius 1 is 1.00 bits per heavy atom. The number of amides is 4. The predicted octanol–water partition coefficient (Wildman–Crippen LogP) is 2.36. The summed E-state index contributed by atoms with van der Waals surface area (Å²) in [5.74, 6) is 0.859. The quantitative estimate of drug-likeness (QED) is 0.662. The van der Waals surface area contributed by atoms with Crippen molar-refractivity contribution in [3.8, 4) is 0 Å². The molecule has 172 valence electrons. The summed E-state index contributed by atoms with van der Waals surface area (Å²) in [4.78, 5) is 51.8. The maximum atomic E-state index is 13.6. The van der Waals surface area contributed by atoms with Crippen molar-refractivity contribution in [3.63, 3.8) is 0 Å². The number of hydrogen-bond acceptors (Lipinski definition) is 5.